The van der Waals surface area contributed by atoms with Crippen LogP contribution in [0.4, 0.5) is 0 Å². The van der Waals surface area contributed by atoms with Crippen LogP contribution in [0.1, 0.15) is 36.1 Å². The minimum atomic E-state index is -0.0496. The Hall–Kier alpha value is -2.20. The van der Waals surface area contributed by atoms with Gasteiger partial charge in [0.05, 0.1) is 25.5 Å². The number of carbonyl (C=O) groups excluding carboxylic acids is 1. The number of carbonyl (C=O) groups is 1. The molecule has 1 aromatic heterocycles. The third-order valence-electron chi connectivity index (χ3n) is 5.79. The highest BCUT2D eigenvalue weighted by atomic mass is 32.2. The fraction of sp³-hybridized carbons (Fsp3) is 0.560. The summed E-state index contributed by atoms with van der Waals surface area (Å²) in [6, 6.07) is 9.90. The maximum absolute atomic E-state index is 13.1. The lowest BCUT2D eigenvalue weighted by Gasteiger charge is -2.26. The average Bonchev–Trinajstić information content (AvgIpc) is 2.86. The van der Waals surface area contributed by atoms with E-state index in [4.69, 9.17) is 14.5 Å². The van der Waals surface area contributed by atoms with Crippen LogP contribution >= 0.6 is 11.8 Å². The van der Waals surface area contributed by atoms with Gasteiger partial charge >= 0.3 is 0 Å². The van der Waals surface area contributed by atoms with Crippen LogP contribution in [0.2, 0.25) is 0 Å². The summed E-state index contributed by atoms with van der Waals surface area (Å²) < 4.78 is 12.3. The molecule has 9 heteroatoms. The smallest absolute Gasteiger partial charge is 0.257 e. The van der Waals surface area contributed by atoms with Crippen molar-refractivity contribution < 1.29 is 14.3 Å². The van der Waals surface area contributed by atoms with Crippen molar-refractivity contribution in [2.24, 2.45) is 7.05 Å². The van der Waals surface area contributed by atoms with Crippen LogP contribution in [0.5, 0.6) is 0 Å². The quantitative estimate of drug-likeness (QED) is 0.263. The van der Waals surface area contributed by atoms with Gasteiger partial charge in [-0.3, -0.25) is 19.1 Å². The lowest BCUT2D eigenvalue weighted by atomic mass is 10.0. The van der Waals surface area contributed by atoms with Crippen molar-refractivity contribution in [1.82, 2.24) is 19.8 Å². The highest BCUT2D eigenvalue weighted by Gasteiger charge is 2.16. The second-order valence-electron chi connectivity index (χ2n) is 8.39. The largest absolute Gasteiger partial charge is 0.379 e. The van der Waals surface area contributed by atoms with Gasteiger partial charge in [-0.1, -0.05) is 42.1 Å². The monoisotopic (exact) mass is 488 g/mol. The van der Waals surface area contributed by atoms with E-state index < -0.39 is 0 Å². The first-order valence-corrected chi connectivity index (χ1v) is 12.9. The number of nitrogens with one attached hydrogen (secondary N) is 1. The molecule has 0 bridgehead atoms. The fourth-order valence-electron chi connectivity index (χ4n) is 3.87. The number of methoxy groups -OCH3 is 1. The highest BCUT2D eigenvalue weighted by molar-refractivity contribution is 7.99. The lowest BCUT2D eigenvalue weighted by molar-refractivity contribution is -0.121. The van der Waals surface area contributed by atoms with E-state index in [0.717, 1.165) is 51.3 Å². The van der Waals surface area contributed by atoms with E-state index in [0.29, 0.717) is 48.2 Å². The van der Waals surface area contributed by atoms with Gasteiger partial charge in [-0.2, -0.15) is 0 Å². The Kier molecular flexibility index (Phi) is 11.1. The van der Waals surface area contributed by atoms with Gasteiger partial charge in [0, 0.05) is 57.9 Å². The summed E-state index contributed by atoms with van der Waals surface area (Å²) >= 11 is 1.50. The topological polar surface area (TPSA) is 85.7 Å². The number of thioether (sulfide) groups is 1. The summed E-state index contributed by atoms with van der Waals surface area (Å²) in [5, 5.41) is 3.66. The Morgan fingerprint density at radius 3 is 2.71 bits per heavy atom. The zero-order valence-electron chi connectivity index (χ0n) is 20.3. The first-order valence-electron chi connectivity index (χ1n) is 11.9. The van der Waals surface area contributed by atoms with E-state index in [-0.39, 0.29) is 11.5 Å². The van der Waals surface area contributed by atoms with Crippen LogP contribution in [-0.4, -0.2) is 72.6 Å². The first-order chi connectivity index (χ1) is 16.6. The number of rotatable bonds is 13. The van der Waals surface area contributed by atoms with Crippen LogP contribution in [0.25, 0.3) is 0 Å². The predicted octanol–water partition coefficient (Wildman–Crippen LogP) is 2.23. The first kappa shape index (κ1) is 26.4. The summed E-state index contributed by atoms with van der Waals surface area (Å²) in [4.78, 5) is 32.3. The number of nitrogens with zero attached hydrogens (tertiary/aromatic N) is 3. The Bertz CT molecular complexity index is 961. The summed E-state index contributed by atoms with van der Waals surface area (Å²) in [6.45, 7) is 5.52. The van der Waals surface area contributed by atoms with E-state index in [1.165, 1.54) is 11.8 Å². The van der Waals surface area contributed by atoms with Crippen molar-refractivity contribution in [2.75, 3.05) is 52.3 Å². The molecule has 0 saturated carbocycles. The van der Waals surface area contributed by atoms with Gasteiger partial charge in [0.15, 0.2) is 5.16 Å². The molecule has 1 fully saturated rings. The van der Waals surface area contributed by atoms with Crippen molar-refractivity contribution in [3.63, 3.8) is 0 Å². The van der Waals surface area contributed by atoms with Gasteiger partial charge in [-0.25, -0.2) is 4.98 Å². The van der Waals surface area contributed by atoms with Gasteiger partial charge in [-0.05, 0) is 24.9 Å². The molecule has 1 aromatic carbocycles. The van der Waals surface area contributed by atoms with E-state index in [1.807, 2.05) is 30.3 Å². The van der Waals surface area contributed by atoms with E-state index in [9.17, 15) is 9.59 Å². The standard InChI is InChI=1S/C25H36N4O4S/c1-28-24(31)21(18-20-8-4-3-5-9-20)22(19-32-2)27-25(28)34-17-6-10-23(30)26-11-7-12-29-13-15-33-16-14-29/h3-5,8-9H,6-7,10-19H2,1-2H3,(H,26,30). The maximum Gasteiger partial charge on any atom is 0.257 e. The molecule has 1 saturated heterocycles. The number of hydrogen-bond donors (Lipinski definition) is 1. The molecule has 0 unspecified atom stereocenters. The summed E-state index contributed by atoms with van der Waals surface area (Å²) in [6.07, 6.45) is 2.66. The number of amides is 1. The molecule has 0 spiro atoms. The van der Waals surface area contributed by atoms with Crippen molar-refractivity contribution in [3.05, 3.63) is 57.5 Å². The molecule has 0 atom stereocenters. The number of benzene rings is 1. The minimum absolute atomic E-state index is 0.0496. The summed E-state index contributed by atoms with van der Waals surface area (Å²) in [5.74, 6) is 0.786. The van der Waals surface area contributed by atoms with Crippen molar-refractivity contribution in [1.29, 1.82) is 0 Å². The zero-order valence-corrected chi connectivity index (χ0v) is 21.1. The Labute approximate surface area is 206 Å². The third kappa shape index (κ3) is 8.23. The highest BCUT2D eigenvalue weighted by Crippen LogP contribution is 2.19. The predicted molar refractivity (Wildman–Crippen MR) is 134 cm³/mol. The third-order valence-corrected chi connectivity index (χ3v) is 6.91. The molecular formula is C25H36N4O4S. The van der Waals surface area contributed by atoms with Crippen LogP contribution in [0.3, 0.4) is 0 Å². The van der Waals surface area contributed by atoms with Crippen molar-refractivity contribution in [3.8, 4) is 0 Å². The Morgan fingerprint density at radius 1 is 1.21 bits per heavy atom. The summed E-state index contributed by atoms with van der Waals surface area (Å²) in [5.41, 5.74) is 2.35. The Morgan fingerprint density at radius 2 is 1.97 bits per heavy atom. The number of ether oxygens (including phenoxy) is 2. The maximum atomic E-state index is 13.1. The molecule has 8 nitrogen and oxygen atoms in total. The number of morpholine rings is 1. The normalized spacial score (nSPS) is 14.3. The molecule has 1 aliphatic rings. The zero-order chi connectivity index (χ0) is 24.2. The molecule has 1 amide bonds. The van der Waals surface area contributed by atoms with Crippen LogP contribution < -0.4 is 10.9 Å². The van der Waals surface area contributed by atoms with Crippen LogP contribution in [0.15, 0.2) is 40.3 Å². The minimum Gasteiger partial charge on any atom is -0.379 e. The molecule has 2 heterocycles. The molecule has 1 aliphatic heterocycles. The second kappa shape index (κ2) is 14.3. The average molecular weight is 489 g/mol. The van der Waals surface area contributed by atoms with Gasteiger partial charge in [0.2, 0.25) is 5.91 Å². The van der Waals surface area contributed by atoms with Gasteiger partial charge < -0.3 is 14.8 Å². The molecule has 1 N–H and O–H groups in total. The van der Waals surface area contributed by atoms with Crippen molar-refractivity contribution >= 4 is 17.7 Å². The molecule has 2 aromatic rings. The summed E-state index contributed by atoms with van der Waals surface area (Å²) in [7, 11) is 3.36. The number of hydrogen-bond acceptors (Lipinski definition) is 7. The van der Waals surface area contributed by atoms with Gasteiger partial charge in [0.1, 0.15) is 0 Å². The van der Waals surface area contributed by atoms with Crippen molar-refractivity contribution in [2.45, 2.75) is 37.4 Å². The van der Waals surface area contributed by atoms with Crippen LogP contribution in [-0.2, 0) is 34.3 Å². The molecule has 0 aliphatic carbocycles. The Balaban J connectivity index is 1.45. The van der Waals surface area contributed by atoms with E-state index >= 15 is 0 Å². The molecule has 3 rings (SSSR count). The fourth-order valence-corrected chi connectivity index (χ4v) is 4.80. The van der Waals surface area contributed by atoms with E-state index in [2.05, 4.69) is 10.2 Å². The second-order valence-corrected chi connectivity index (χ2v) is 9.45. The SMILES string of the molecule is COCc1nc(SCCCC(=O)NCCCN2CCOCC2)n(C)c(=O)c1Cc1ccccc1. The molecular weight excluding hydrogens is 452 g/mol. The molecule has 186 valence electrons. The van der Waals surface area contributed by atoms with E-state index in [1.54, 1.807) is 18.7 Å². The lowest BCUT2D eigenvalue weighted by Crippen LogP contribution is -2.38. The van der Waals surface area contributed by atoms with Gasteiger partial charge in [0.25, 0.3) is 5.56 Å². The molecule has 34 heavy (non-hydrogen) atoms. The molecule has 0 radical (unpaired) electrons. The number of aromatic nitrogens is 2. The van der Waals surface area contributed by atoms with Crippen LogP contribution in [0, 0.1) is 0 Å². The van der Waals surface area contributed by atoms with Gasteiger partial charge in [-0.15, -0.1) is 0 Å².